The van der Waals surface area contributed by atoms with Crippen molar-refractivity contribution >= 4 is 17.7 Å². The summed E-state index contributed by atoms with van der Waals surface area (Å²) in [7, 11) is 0. The van der Waals surface area contributed by atoms with Crippen LogP contribution in [0.4, 0.5) is 0 Å². The predicted molar refractivity (Wildman–Crippen MR) is 45.1 cm³/mol. The number of carbonyl (C=O) groups excluding carboxylic acids is 2. The average molecular weight is 187 g/mol. The van der Waals surface area contributed by atoms with Gasteiger partial charge in [0.25, 0.3) is 5.91 Å². The maximum absolute atomic E-state index is 11.2. The summed E-state index contributed by atoms with van der Waals surface area (Å²) in [6.45, 7) is 4.25. The number of rotatable bonds is 3. The van der Waals surface area contributed by atoms with E-state index in [0.717, 1.165) is 0 Å². The molecule has 0 unspecified atom stereocenters. The third-order valence-electron chi connectivity index (χ3n) is 1.29. The molecular formula is C8H13NO4. The normalized spacial score (nSPS) is 10.7. The molecule has 0 aliphatic rings. The van der Waals surface area contributed by atoms with Crippen molar-refractivity contribution in [3.63, 3.8) is 0 Å². The maximum atomic E-state index is 11.2. The molecule has 0 aliphatic heterocycles. The average Bonchev–Trinajstić information content (AvgIpc) is 1.96. The van der Waals surface area contributed by atoms with Crippen LogP contribution in [0.5, 0.6) is 0 Å². The molecule has 0 bridgehead atoms. The van der Waals surface area contributed by atoms with Gasteiger partial charge in [-0.05, 0) is 0 Å². The molecular weight excluding hydrogens is 174 g/mol. The minimum atomic E-state index is -1.17. The molecule has 0 aromatic heterocycles. The van der Waals surface area contributed by atoms with E-state index in [1.807, 2.05) is 5.32 Å². The lowest BCUT2D eigenvalue weighted by Gasteiger charge is -2.14. The van der Waals surface area contributed by atoms with E-state index >= 15 is 0 Å². The second kappa shape index (κ2) is 4.02. The number of carbonyl (C=O) groups is 3. The van der Waals surface area contributed by atoms with Gasteiger partial charge in [-0.15, -0.1) is 0 Å². The summed E-state index contributed by atoms with van der Waals surface area (Å²) in [5.41, 5.74) is -0.775. The Morgan fingerprint density at radius 1 is 1.23 bits per heavy atom. The SMILES string of the molecule is CC(C)(C)C(=O)C(=O)NCC(=O)O. The summed E-state index contributed by atoms with van der Waals surface area (Å²) in [5, 5.41) is 10.2. The Hall–Kier alpha value is -1.39. The van der Waals surface area contributed by atoms with Gasteiger partial charge in [0.05, 0.1) is 0 Å². The summed E-state index contributed by atoms with van der Waals surface area (Å²) < 4.78 is 0. The Labute approximate surface area is 76.1 Å². The van der Waals surface area contributed by atoms with E-state index in [4.69, 9.17) is 5.11 Å². The van der Waals surface area contributed by atoms with Crippen LogP contribution in [0.2, 0.25) is 0 Å². The topological polar surface area (TPSA) is 83.5 Å². The largest absolute Gasteiger partial charge is 0.480 e. The number of hydrogen-bond acceptors (Lipinski definition) is 3. The molecule has 2 N–H and O–H groups in total. The van der Waals surface area contributed by atoms with Gasteiger partial charge in [-0.25, -0.2) is 0 Å². The van der Waals surface area contributed by atoms with Crippen molar-refractivity contribution in [2.45, 2.75) is 20.8 Å². The lowest BCUT2D eigenvalue weighted by atomic mass is 9.90. The lowest BCUT2D eigenvalue weighted by Crippen LogP contribution is -2.40. The smallest absolute Gasteiger partial charge is 0.322 e. The van der Waals surface area contributed by atoms with Gasteiger partial charge in [-0.3, -0.25) is 14.4 Å². The van der Waals surface area contributed by atoms with Gasteiger partial charge in [0, 0.05) is 5.41 Å². The Bertz CT molecular complexity index is 239. The van der Waals surface area contributed by atoms with E-state index in [1.54, 1.807) is 20.8 Å². The van der Waals surface area contributed by atoms with E-state index < -0.39 is 29.6 Å². The zero-order chi connectivity index (χ0) is 10.6. The molecule has 0 spiro atoms. The molecule has 0 saturated carbocycles. The summed E-state index contributed by atoms with van der Waals surface area (Å²) in [5.74, 6) is -2.64. The van der Waals surface area contributed by atoms with Crippen LogP contribution in [0.25, 0.3) is 0 Å². The Kier molecular flexibility index (Phi) is 3.59. The van der Waals surface area contributed by atoms with Gasteiger partial charge >= 0.3 is 5.97 Å². The molecule has 0 saturated heterocycles. The minimum absolute atomic E-state index is 0.527. The molecule has 5 heteroatoms. The zero-order valence-corrected chi connectivity index (χ0v) is 7.88. The molecule has 0 atom stereocenters. The Balaban J connectivity index is 4.14. The molecule has 5 nitrogen and oxygen atoms in total. The fraction of sp³-hybridized carbons (Fsp3) is 0.625. The predicted octanol–water partition coefficient (Wildman–Crippen LogP) is -0.198. The van der Waals surface area contributed by atoms with E-state index in [9.17, 15) is 14.4 Å². The monoisotopic (exact) mass is 187 g/mol. The molecule has 0 aromatic rings. The van der Waals surface area contributed by atoms with Crippen LogP contribution in [0.15, 0.2) is 0 Å². The first-order chi connectivity index (χ1) is 5.75. The van der Waals surface area contributed by atoms with Crippen molar-refractivity contribution in [2.75, 3.05) is 6.54 Å². The highest BCUT2D eigenvalue weighted by Gasteiger charge is 2.27. The molecule has 0 heterocycles. The van der Waals surface area contributed by atoms with Crippen molar-refractivity contribution in [1.29, 1.82) is 0 Å². The molecule has 74 valence electrons. The van der Waals surface area contributed by atoms with Gasteiger partial charge in [-0.2, -0.15) is 0 Å². The van der Waals surface area contributed by atoms with Crippen molar-refractivity contribution in [1.82, 2.24) is 5.32 Å². The number of carboxylic acids is 1. The number of carboxylic acid groups (broad SMARTS) is 1. The number of nitrogens with one attached hydrogen (secondary N) is 1. The summed E-state index contributed by atoms with van der Waals surface area (Å²) >= 11 is 0. The van der Waals surface area contributed by atoms with Crippen LogP contribution < -0.4 is 5.32 Å². The van der Waals surface area contributed by atoms with Crippen LogP contribution in [0.3, 0.4) is 0 Å². The van der Waals surface area contributed by atoms with Gasteiger partial charge in [0.1, 0.15) is 6.54 Å². The van der Waals surface area contributed by atoms with E-state index in [1.165, 1.54) is 0 Å². The highest BCUT2D eigenvalue weighted by molar-refractivity contribution is 6.38. The molecule has 0 rings (SSSR count). The first kappa shape index (κ1) is 11.6. The summed E-state index contributed by atoms with van der Waals surface area (Å²) in [6, 6.07) is 0. The summed E-state index contributed by atoms with van der Waals surface area (Å²) in [6.07, 6.45) is 0. The van der Waals surface area contributed by atoms with Crippen LogP contribution in [-0.2, 0) is 14.4 Å². The van der Waals surface area contributed by atoms with E-state index in [2.05, 4.69) is 0 Å². The Morgan fingerprint density at radius 3 is 2.00 bits per heavy atom. The third-order valence-corrected chi connectivity index (χ3v) is 1.29. The minimum Gasteiger partial charge on any atom is -0.480 e. The first-order valence-electron chi connectivity index (χ1n) is 3.79. The van der Waals surface area contributed by atoms with Crippen molar-refractivity contribution in [2.24, 2.45) is 5.41 Å². The van der Waals surface area contributed by atoms with Gasteiger partial charge in [-0.1, -0.05) is 20.8 Å². The molecule has 1 amide bonds. The van der Waals surface area contributed by atoms with E-state index in [0.29, 0.717) is 0 Å². The Morgan fingerprint density at radius 2 is 1.69 bits per heavy atom. The number of Topliss-reactive ketones (excluding diaryl/α,β-unsaturated/α-hetero) is 1. The number of ketones is 1. The lowest BCUT2D eigenvalue weighted by molar-refractivity contribution is -0.144. The number of aliphatic carboxylic acids is 1. The summed E-state index contributed by atoms with van der Waals surface area (Å²) in [4.78, 5) is 32.2. The van der Waals surface area contributed by atoms with Crippen LogP contribution in [0, 0.1) is 5.41 Å². The second-order valence-electron chi connectivity index (χ2n) is 3.66. The zero-order valence-electron chi connectivity index (χ0n) is 7.88. The first-order valence-corrected chi connectivity index (χ1v) is 3.79. The maximum Gasteiger partial charge on any atom is 0.322 e. The molecule has 0 aliphatic carbocycles. The van der Waals surface area contributed by atoms with Gasteiger partial charge in [0.2, 0.25) is 5.78 Å². The quantitative estimate of drug-likeness (QED) is 0.599. The highest BCUT2D eigenvalue weighted by atomic mass is 16.4. The van der Waals surface area contributed by atoms with Gasteiger partial charge in [0.15, 0.2) is 0 Å². The van der Waals surface area contributed by atoms with Crippen LogP contribution in [-0.4, -0.2) is 29.3 Å². The fourth-order valence-electron chi connectivity index (χ4n) is 0.577. The van der Waals surface area contributed by atoms with Crippen molar-refractivity contribution < 1.29 is 19.5 Å². The van der Waals surface area contributed by atoms with Crippen molar-refractivity contribution in [3.05, 3.63) is 0 Å². The number of hydrogen-bond donors (Lipinski definition) is 2. The third kappa shape index (κ3) is 4.25. The standard InChI is InChI=1S/C8H13NO4/c1-8(2,3)6(12)7(13)9-4-5(10)11/h4H2,1-3H3,(H,9,13)(H,10,11). The van der Waals surface area contributed by atoms with Crippen LogP contribution >= 0.6 is 0 Å². The fourth-order valence-corrected chi connectivity index (χ4v) is 0.577. The molecule has 0 radical (unpaired) electrons. The second-order valence-corrected chi connectivity index (χ2v) is 3.66. The highest BCUT2D eigenvalue weighted by Crippen LogP contribution is 2.13. The molecule has 0 aromatic carbocycles. The van der Waals surface area contributed by atoms with Gasteiger partial charge < -0.3 is 10.4 Å². The molecule has 13 heavy (non-hydrogen) atoms. The van der Waals surface area contributed by atoms with Crippen LogP contribution in [0.1, 0.15) is 20.8 Å². The molecule has 0 fully saturated rings. The number of amides is 1. The van der Waals surface area contributed by atoms with E-state index in [-0.39, 0.29) is 0 Å². The van der Waals surface area contributed by atoms with Crippen molar-refractivity contribution in [3.8, 4) is 0 Å².